The number of hydrogen-bond donors (Lipinski definition) is 0. The van der Waals surface area contributed by atoms with Crippen LogP contribution in [0.3, 0.4) is 0 Å². The molecule has 0 radical (unpaired) electrons. The number of hydrogen-bond acceptors (Lipinski definition) is 0. The summed E-state index contributed by atoms with van der Waals surface area (Å²) in [4.78, 5) is 0. The molecule has 0 fully saturated rings. The van der Waals surface area contributed by atoms with E-state index >= 15 is 0 Å². The monoisotopic (exact) mass is 215 g/mol. The molecule has 0 atom stereocenters. The normalized spacial score (nSPS) is 10.8. The van der Waals surface area contributed by atoms with E-state index in [1.165, 1.54) is 28.1 Å². The first kappa shape index (κ1) is 10.9. The highest BCUT2D eigenvalue weighted by Gasteiger charge is 2.11. The minimum absolute atomic E-state index is 1.23. The van der Waals surface area contributed by atoms with Crippen molar-refractivity contribution in [2.45, 2.75) is 27.7 Å². The van der Waals surface area contributed by atoms with Crippen LogP contribution in [0, 0.1) is 27.7 Å². The lowest BCUT2D eigenvalue weighted by atomic mass is 10.0. The van der Waals surface area contributed by atoms with Gasteiger partial charge in [-0.1, -0.05) is 0 Å². The van der Waals surface area contributed by atoms with Crippen LogP contribution in [0.1, 0.15) is 22.4 Å². The molecule has 0 saturated carbocycles. The van der Waals surface area contributed by atoms with E-state index in [4.69, 9.17) is 0 Å². The summed E-state index contributed by atoms with van der Waals surface area (Å²) in [6.07, 6.45) is 2.11. The van der Waals surface area contributed by atoms with Crippen molar-refractivity contribution in [2.75, 3.05) is 0 Å². The Labute approximate surface area is 97.1 Å². The Balaban J connectivity index is 2.61. The Morgan fingerprint density at radius 3 is 2.00 bits per heavy atom. The minimum Gasteiger partial charge on any atom is -0.128 e. The van der Waals surface area contributed by atoms with Gasteiger partial charge in [0.2, 0.25) is 5.69 Å². The fourth-order valence-electron chi connectivity index (χ4n) is 1.96. The molecule has 0 amide bonds. The highest BCUT2D eigenvalue weighted by Crippen LogP contribution is 2.17. The summed E-state index contributed by atoms with van der Waals surface area (Å²) in [7, 11) is 2.08. The van der Waals surface area contributed by atoms with Crippen molar-refractivity contribution in [3.63, 3.8) is 0 Å². The second-order valence-electron chi connectivity index (χ2n) is 4.53. The lowest BCUT2D eigenvalue weighted by Gasteiger charge is -2.08. The topological polar surface area (TPSA) is 8.81 Å². The third kappa shape index (κ3) is 1.64. The lowest BCUT2D eigenvalue weighted by molar-refractivity contribution is -0.749. The standard InChI is InChI=1S/C14H19N2/c1-10-8-14(9-11(2)13(10)4)16-7-6-12(3)15(16)5/h6-9H,1-5H3/q+1. The maximum atomic E-state index is 2.24. The van der Waals surface area contributed by atoms with Gasteiger partial charge >= 0.3 is 0 Å². The van der Waals surface area contributed by atoms with Gasteiger partial charge < -0.3 is 0 Å². The van der Waals surface area contributed by atoms with Crippen LogP contribution in [0.15, 0.2) is 24.4 Å². The number of aryl methyl sites for hydroxylation is 3. The summed E-state index contributed by atoms with van der Waals surface area (Å²) in [5.74, 6) is 0. The summed E-state index contributed by atoms with van der Waals surface area (Å²) in [6, 6.07) is 6.61. The van der Waals surface area contributed by atoms with Crippen LogP contribution in [0.2, 0.25) is 0 Å². The first-order valence-electron chi connectivity index (χ1n) is 5.63. The van der Waals surface area contributed by atoms with Crippen molar-refractivity contribution < 1.29 is 4.68 Å². The van der Waals surface area contributed by atoms with E-state index in [1.54, 1.807) is 0 Å². The van der Waals surface area contributed by atoms with Crippen molar-refractivity contribution in [1.29, 1.82) is 0 Å². The fourth-order valence-corrected chi connectivity index (χ4v) is 1.96. The number of rotatable bonds is 1. The van der Waals surface area contributed by atoms with E-state index in [1.807, 2.05) is 0 Å². The Morgan fingerprint density at radius 1 is 1.00 bits per heavy atom. The summed E-state index contributed by atoms with van der Waals surface area (Å²) in [5.41, 5.74) is 6.57. The van der Waals surface area contributed by atoms with Gasteiger partial charge in [0.05, 0.1) is 6.20 Å². The van der Waals surface area contributed by atoms with Gasteiger partial charge in [-0.05, 0) is 49.6 Å². The largest absolute Gasteiger partial charge is 0.205 e. The molecule has 0 aliphatic heterocycles. The predicted octanol–water partition coefficient (Wildman–Crippen LogP) is 2.54. The van der Waals surface area contributed by atoms with Crippen LogP contribution in [0.4, 0.5) is 0 Å². The van der Waals surface area contributed by atoms with Crippen LogP contribution < -0.4 is 4.68 Å². The van der Waals surface area contributed by atoms with Crippen molar-refractivity contribution in [1.82, 2.24) is 4.68 Å². The molecule has 1 aromatic heterocycles. The van der Waals surface area contributed by atoms with E-state index in [9.17, 15) is 0 Å². The second-order valence-corrected chi connectivity index (χ2v) is 4.53. The fraction of sp³-hybridized carbons (Fsp3) is 0.357. The molecule has 0 aliphatic carbocycles. The van der Waals surface area contributed by atoms with Crippen LogP contribution in [-0.4, -0.2) is 4.68 Å². The third-order valence-corrected chi connectivity index (χ3v) is 3.47. The Bertz CT molecular complexity index is 513. The van der Waals surface area contributed by atoms with Gasteiger partial charge in [0, 0.05) is 13.0 Å². The average Bonchev–Trinajstić information content (AvgIpc) is 2.56. The van der Waals surface area contributed by atoms with E-state index in [2.05, 4.69) is 68.5 Å². The quantitative estimate of drug-likeness (QED) is 0.646. The van der Waals surface area contributed by atoms with Crippen molar-refractivity contribution in [3.8, 4) is 5.69 Å². The first-order chi connectivity index (χ1) is 7.50. The lowest BCUT2D eigenvalue weighted by Crippen LogP contribution is -2.39. The summed E-state index contributed by atoms with van der Waals surface area (Å²) >= 11 is 0. The summed E-state index contributed by atoms with van der Waals surface area (Å²) in [6.45, 7) is 8.63. The maximum Gasteiger partial charge on any atom is 0.205 e. The van der Waals surface area contributed by atoms with Crippen LogP contribution in [0.5, 0.6) is 0 Å². The number of benzene rings is 1. The second kappa shape index (κ2) is 3.78. The predicted molar refractivity (Wildman–Crippen MR) is 65.9 cm³/mol. The average molecular weight is 215 g/mol. The van der Waals surface area contributed by atoms with E-state index in [0.717, 1.165) is 0 Å². The molecule has 0 unspecified atom stereocenters. The van der Waals surface area contributed by atoms with Gasteiger partial charge in [-0.3, -0.25) is 0 Å². The number of nitrogens with zero attached hydrogens (tertiary/aromatic N) is 2. The number of aromatic nitrogens is 2. The Morgan fingerprint density at radius 2 is 1.56 bits per heavy atom. The molecule has 0 spiro atoms. The zero-order chi connectivity index (χ0) is 11.9. The SMILES string of the molecule is Cc1cc(-n2ccc(C)[n+]2C)cc(C)c1C. The summed E-state index contributed by atoms with van der Waals surface area (Å²) in [5, 5.41) is 0. The molecule has 84 valence electrons. The molecule has 2 heteroatoms. The van der Waals surface area contributed by atoms with Gasteiger partial charge in [-0.15, -0.1) is 9.36 Å². The zero-order valence-corrected chi connectivity index (χ0v) is 10.7. The molecule has 0 N–H and O–H groups in total. The minimum atomic E-state index is 1.23. The molecule has 2 aromatic rings. The molecule has 1 heterocycles. The van der Waals surface area contributed by atoms with Crippen LogP contribution in [0.25, 0.3) is 5.69 Å². The highest BCUT2D eigenvalue weighted by molar-refractivity contribution is 5.43. The van der Waals surface area contributed by atoms with Gasteiger partial charge in [0.15, 0.2) is 7.05 Å². The van der Waals surface area contributed by atoms with Gasteiger partial charge in [-0.2, -0.15) is 0 Å². The van der Waals surface area contributed by atoms with Gasteiger partial charge in [-0.25, -0.2) is 0 Å². The third-order valence-electron chi connectivity index (χ3n) is 3.47. The molecular formula is C14H19N2+. The highest BCUT2D eigenvalue weighted by atomic mass is 15.4. The summed E-state index contributed by atoms with van der Waals surface area (Å²) < 4.78 is 4.33. The molecule has 2 rings (SSSR count). The molecule has 16 heavy (non-hydrogen) atoms. The molecular weight excluding hydrogens is 196 g/mol. The zero-order valence-electron chi connectivity index (χ0n) is 10.7. The Hall–Kier alpha value is -1.57. The molecule has 1 aromatic carbocycles. The van der Waals surface area contributed by atoms with Gasteiger partial charge in [0.25, 0.3) is 0 Å². The smallest absolute Gasteiger partial charge is 0.128 e. The van der Waals surface area contributed by atoms with Crippen molar-refractivity contribution in [2.24, 2.45) is 7.05 Å². The van der Waals surface area contributed by atoms with Crippen LogP contribution in [-0.2, 0) is 7.05 Å². The van der Waals surface area contributed by atoms with Crippen molar-refractivity contribution >= 4 is 0 Å². The Kier molecular flexibility index (Phi) is 2.58. The van der Waals surface area contributed by atoms with E-state index in [-0.39, 0.29) is 0 Å². The molecule has 0 aliphatic rings. The molecule has 0 saturated heterocycles. The molecule has 2 nitrogen and oxygen atoms in total. The maximum absolute atomic E-state index is 2.24. The van der Waals surface area contributed by atoms with Crippen molar-refractivity contribution in [3.05, 3.63) is 46.8 Å². The molecule has 0 bridgehead atoms. The van der Waals surface area contributed by atoms with Crippen LogP contribution >= 0.6 is 0 Å². The first-order valence-corrected chi connectivity index (χ1v) is 5.63. The van der Waals surface area contributed by atoms with E-state index < -0.39 is 0 Å². The van der Waals surface area contributed by atoms with Gasteiger partial charge in [0.1, 0.15) is 5.69 Å². The van der Waals surface area contributed by atoms with E-state index in [0.29, 0.717) is 0 Å².